The Morgan fingerprint density at radius 2 is 1.97 bits per heavy atom. The number of fused-ring (bicyclic) bond motifs is 3. The zero-order valence-electron chi connectivity index (χ0n) is 19.0. The van der Waals surface area contributed by atoms with E-state index in [9.17, 15) is 4.39 Å². The third-order valence-corrected chi connectivity index (χ3v) is 7.05. The highest BCUT2D eigenvalue weighted by atomic mass is 19.1. The van der Waals surface area contributed by atoms with E-state index in [-0.39, 0.29) is 5.82 Å². The van der Waals surface area contributed by atoms with Crippen molar-refractivity contribution in [1.29, 1.82) is 0 Å². The summed E-state index contributed by atoms with van der Waals surface area (Å²) in [6.07, 6.45) is 7.34. The Hall–Kier alpha value is -3.32. The van der Waals surface area contributed by atoms with Crippen LogP contribution in [-0.2, 0) is 19.4 Å². The van der Waals surface area contributed by atoms with Crippen molar-refractivity contribution in [3.8, 4) is 5.82 Å². The Morgan fingerprint density at radius 1 is 1.09 bits per heavy atom. The van der Waals surface area contributed by atoms with Crippen LogP contribution in [0.5, 0.6) is 0 Å². The number of halogens is 1. The number of aryl methyl sites for hydroxylation is 1. The van der Waals surface area contributed by atoms with Gasteiger partial charge >= 0.3 is 0 Å². The summed E-state index contributed by atoms with van der Waals surface area (Å²) in [6, 6.07) is 10.5. The van der Waals surface area contributed by atoms with Gasteiger partial charge in [0.25, 0.3) is 0 Å². The van der Waals surface area contributed by atoms with Crippen molar-refractivity contribution in [3.05, 3.63) is 70.9 Å². The second-order valence-corrected chi connectivity index (χ2v) is 9.23. The van der Waals surface area contributed by atoms with Gasteiger partial charge in [0.15, 0.2) is 11.5 Å². The predicted octanol–water partition coefficient (Wildman–Crippen LogP) is 5.13. The number of anilines is 2. The van der Waals surface area contributed by atoms with E-state index in [2.05, 4.69) is 58.4 Å². The van der Waals surface area contributed by atoms with E-state index < -0.39 is 0 Å². The number of rotatable bonds is 4. The lowest BCUT2D eigenvalue weighted by Crippen LogP contribution is -2.26. The molecule has 0 fully saturated rings. The Balaban J connectivity index is 1.36. The molecule has 3 aromatic heterocycles. The lowest BCUT2D eigenvalue weighted by Gasteiger charge is -2.25. The van der Waals surface area contributed by atoms with Crippen molar-refractivity contribution in [2.24, 2.45) is 0 Å². The van der Waals surface area contributed by atoms with Crippen molar-refractivity contribution >= 4 is 22.7 Å². The summed E-state index contributed by atoms with van der Waals surface area (Å²) in [5, 5.41) is 3.70. The molecule has 1 N–H and O–H groups in total. The molecule has 1 atom stereocenters. The highest BCUT2D eigenvalue weighted by Gasteiger charge is 2.24. The van der Waals surface area contributed by atoms with E-state index in [1.54, 1.807) is 10.8 Å². The van der Waals surface area contributed by atoms with Crippen molar-refractivity contribution in [3.63, 3.8) is 0 Å². The molecule has 6 rings (SSSR count). The second-order valence-electron chi connectivity index (χ2n) is 9.23. The molecule has 0 radical (unpaired) electrons. The summed E-state index contributed by atoms with van der Waals surface area (Å²) in [6.45, 7) is 4.21. The van der Waals surface area contributed by atoms with Crippen LogP contribution < -0.4 is 5.32 Å². The maximum atomic E-state index is 14.7. The molecule has 0 bridgehead atoms. The van der Waals surface area contributed by atoms with Crippen LogP contribution in [0.1, 0.15) is 48.1 Å². The minimum absolute atomic E-state index is 0.345. The Morgan fingerprint density at radius 3 is 2.85 bits per heavy atom. The highest BCUT2D eigenvalue weighted by molar-refractivity contribution is 5.79. The van der Waals surface area contributed by atoms with Gasteiger partial charge in [0.05, 0.1) is 5.39 Å². The van der Waals surface area contributed by atoms with Gasteiger partial charge < -0.3 is 10.2 Å². The highest BCUT2D eigenvalue weighted by Crippen LogP contribution is 2.35. The average Bonchev–Trinajstić information content (AvgIpc) is 3.38. The largest absolute Gasteiger partial charge is 0.324 e. The SMILES string of the molecule is CCC1CCc2ccc(-n3cc(F)c4cnc(Nc5ccc6c(c5)CN(C)CC6)nc43)nc21. The summed E-state index contributed by atoms with van der Waals surface area (Å²) >= 11 is 0. The van der Waals surface area contributed by atoms with E-state index in [1.807, 2.05) is 6.07 Å². The van der Waals surface area contributed by atoms with Crippen LogP contribution in [-0.4, -0.2) is 38.0 Å². The van der Waals surface area contributed by atoms with Gasteiger partial charge in [-0.25, -0.2) is 14.4 Å². The molecule has 2 aliphatic rings. The van der Waals surface area contributed by atoms with Gasteiger partial charge in [0, 0.05) is 42.8 Å². The molecule has 6 nitrogen and oxygen atoms in total. The monoisotopic (exact) mass is 442 g/mol. The standard InChI is InChI=1S/C26H27FN6/c1-3-16-4-5-18-7-9-23(30-24(16)18)33-15-22(27)21-13-28-26(31-25(21)33)29-20-8-6-17-10-11-32(2)14-19(17)12-20/h6-9,12-13,15-16H,3-5,10-11,14H2,1-2H3,(H,28,29,31). The normalized spacial score (nSPS) is 17.8. The molecule has 1 aliphatic carbocycles. The number of nitrogens with zero attached hydrogens (tertiary/aromatic N) is 5. The first kappa shape index (κ1) is 20.3. The minimum atomic E-state index is -0.345. The number of pyridine rings is 1. The molecule has 168 valence electrons. The lowest BCUT2D eigenvalue weighted by molar-refractivity contribution is 0.313. The number of hydrogen-bond donors (Lipinski definition) is 1. The maximum Gasteiger partial charge on any atom is 0.229 e. The summed E-state index contributed by atoms with van der Waals surface area (Å²) in [7, 11) is 2.14. The molecule has 4 aromatic rings. The van der Waals surface area contributed by atoms with Gasteiger partial charge in [0.1, 0.15) is 5.82 Å². The van der Waals surface area contributed by atoms with E-state index >= 15 is 0 Å². The molecular formula is C26H27FN6. The van der Waals surface area contributed by atoms with Gasteiger partial charge in [-0.1, -0.05) is 19.1 Å². The zero-order chi connectivity index (χ0) is 22.5. The first-order valence-electron chi connectivity index (χ1n) is 11.7. The van der Waals surface area contributed by atoms with Crippen molar-refractivity contribution in [2.75, 3.05) is 18.9 Å². The fourth-order valence-corrected chi connectivity index (χ4v) is 5.16. The van der Waals surface area contributed by atoms with Crippen LogP contribution in [0.25, 0.3) is 16.9 Å². The van der Waals surface area contributed by atoms with Gasteiger partial charge in [-0.3, -0.25) is 4.57 Å². The number of hydrogen-bond acceptors (Lipinski definition) is 5. The zero-order valence-corrected chi connectivity index (χ0v) is 19.0. The van der Waals surface area contributed by atoms with Crippen molar-refractivity contribution in [2.45, 2.75) is 45.1 Å². The first-order chi connectivity index (χ1) is 16.1. The van der Waals surface area contributed by atoms with Gasteiger partial charge in [-0.2, -0.15) is 4.98 Å². The summed E-state index contributed by atoms with van der Waals surface area (Å²) in [5.74, 6) is 1.27. The molecule has 0 saturated carbocycles. The molecule has 1 aliphatic heterocycles. The van der Waals surface area contributed by atoms with Crippen LogP contribution in [0.15, 0.2) is 42.7 Å². The molecule has 4 heterocycles. The van der Waals surface area contributed by atoms with Crippen LogP contribution in [0.4, 0.5) is 16.0 Å². The minimum Gasteiger partial charge on any atom is -0.324 e. The van der Waals surface area contributed by atoms with Gasteiger partial charge in [0.2, 0.25) is 5.95 Å². The second kappa shape index (κ2) is 7.92. The molecule has 1 unspecified atom stereocenters. The van der Waals surface area contributed by atoms with E-state index in [4.69, 9.17) is 4.98 Å². The molecule has 1 aromatic carbocycles. The van der Waals surface area contributed by atoms with E-state index in [1.165, 1.54) is 22.9 Å². The van der Waals surface area contributed by atoms with Crippen LogP contribution >= 0.6 is 0 Å². The van der Waals surface area contributed by atoms with Crippen LogP contribution in [0.2, 0.25) is 0 Å². The molecule has 0 saturated heterocycles. The molecular weight excluding hydrogens is 415 g/mol. The third-order valence-electron chi connectivity index (χ3n) is 7.05. The van der Waals surface area contributed by atoms with E-state index in [0.29, 0.717) is 28.7 Å². The lowest BCUT2D eigenvalue weighted by atomic mass is 9.99. The quantitative estimate of drug-likeness (QED) is 0.475. The Bertz CT molecular complexity index is 1360. The summed E-state index contributed by atoms with van der Waals surface area (Å²) in [5.41, 5.74) is 6.60. The Labute approximate surface area is 192 Å². The molecule has 33 heavy (non-hydrogen) atoms. The molecule has 0 spiro atoms. The fourth-order valence-electron chi connectivity index (χ4n) is 5.16. The number of likely N-dealkylation sites (N-methyl/N-ethyl adjacent to an activating group) is 1. The van der Waals surface area contributed by atoms with E-state index in [0.717, 1.165) is 50.2 Å². The first-order valence-corrected chi connectivity index (χ1v) is 11.7. The predicted molar refractivity (Wildman–Crippen MR) is 128 cm³/mol. The number of benzene rings is 1. The average molecular weight is 443 g/mol. The Kier molecular flexibility index (Phi) is 4.87. The number of aromatic nitrogens is 4. The summed E-state index contributed by atoms with van der Waals surface area (Å²) in [4.78, 5) is 16.3. The van der Waals surface area contributed by atoms with Crippen LogP contribution in [0, 0.1) is 5.82 Å². The van der Waals surface area contributed by atoms with Crippen molar-refractivity contribution in [1.82, 2.24) is 24.4 Å². The van der Waals surface area contributed by atoms with Crippen molar-refractivity contribution < 1.29 is 4.39 Å². The smallest absolute Gasteiger partial charge is 0.229 e. The summed E-state index contributed by atoms with van der Waals surface area (Å²) < 4.78 is 16.5. The van der Waals surface area contributed by atoms with Gasteiger partial charge in [-0.05, 0) is 67.6 Å². The fraction of sp³-hybridized carbons (Fsp3) is 0.346. The third kappa shape index (κ3) is 3.56. The molecule has 0 amide bonds. The molecule has 7 heteroatoms. The maximum absolute atomic E-state index is 14.7. The number of nitrogens with one attached hydrogen (secondary N) is 1. The van der Waals surface area contributed by atoms with Crippen LogP contribution in [0.3, 0.4) is 0 Å². The van der Waals surface area contributed by atoms with Gasteiger partial charge in [-0.15, -0.1) is 0 Å². The topological polar surface area (TPSA) is 58.9 Å².